The van der Waals surface area contributed by atoms with Crippen molar-refractivity contribution in [1.82, 2.24) is 0 Å². The maximum absolute atomic E-state index is 10.9. The molecule has 6 nitrogen and oxygen atoms in total. The number of rotatable bonds is 5. The normalized spacial score (nSPS) is 21.9. The van der Waals surface area contributed by atoms with Gasteiger partial charge in [-0.3, -0.25) is 10.1 Å². The third-order valence-corrected chi connectivity index (χ3v) is 4.24. The van der Waals surface area contributed by atoms with Crippen molar-refractivity contribution in [2.75, 3.05) is 32.2 Å². The van der Waals surface area contributed by atoms with Crippen molar-refractivity contribution in [1.29, 1.82) is 0 Å². The SMILES string of the molecule is COC1(CNc2cc(C)c([N+](=O)[O-])cc2Br)CCOC1. The van der Waals surface area contributed by atoms with Crippen LogP contribution in [0.4, 0.5) is 11.4 Å². The molecule has 1 heterocycles. The van der Waals surface area contributed by atoms with Gasteiger partial charge in [-0.15, -0.1) is 0 Å². The zero-order valence-corrected chi connectivity index (χ0v) is 13.0. The van der Waals surface area contributed by atoms with Crippen molar-refractivity contribution in [2.45, 2.75) is 18.9 Å². The van der Waals surface area contributed by atoms with Crippen LogP contribution in [0.3, 0.4) is 0 Å². The number of benzene rings is 1. The summed E-state index contributed by atoms with van der Waals surface area (Å²) >= 11 is 3.36. The largest absolute Gasteiger partial charge is 0.381 e. The number of nitro benzene ring substituents is 1. The van der Waals surface area contributed by atoms with E-state index < -0.39 is 0 Å². The van der Waals surface area contributed by atoms with Crippen LogP contribution in [0.15, 0.2) is 16.6 Å². The second-order valence-electron chi connectivity index (χ2n) is 4.92. The Morgan fingerprint density at radius 1 is 1.60 bits per heavy atom. The number of anilines is 1. The Morgan fingerprint density at radius 2 is 2.35 bits per heavy atom. The number of nitrogens with zero attached hydrogens (tertiary/aromatic N) is 1. The second-order valence-corrected chi connectivity index (χ2v) is 5.77. The minimum absolute atomic E-state index is 0.105. The molecule has 1 saturated heterocycles. The molecule has 0 aliphatic carbocycles. The topological polar surface area (TPSA) is 73.6 Å². The molecule has 0 aromatic heterocycles. The van der Waals surface area contributed by atoms with Crippen LogP contribution in [0.25, 0.3) is 0 Å². The number of methoxy groups -OCH3 is 1. The Labute approximate surface area is 125 Å². The second kappa shape index (κ2) is 6.07. The van der Waals surface area contributed by atoms with Gasteiger partial charge in [-0.2, -0.15) is 0 Å². The molecule has 1 fully saturated rings. The van der Waals surface area contributed by atoms with Gasteiger partial charge < -0.3 is 14.8 Å². The highest BCUT2D eigenvalue weighted by Gasteiger charge is 2.34. The lowest BCUT2D eigenvalue weighted by Crippen LogP contribution is -2.39. The molecule has 1 aromatic carbocycles. The number of aryl methyl sites for hydroxylation is 1. The van der Waals surface area contributed by atoms with E-state index in [1.807, 2.05) is 0 Å². The van der Waals surface area contributed by atoms with E-state index in [4.69, 9.17) is 9.47 Å². The number of halogens is 1. The van der Waals surface area contributed by atoms with Crippen LogP contribution in [0, 0.1) is 17.0 Å². The summed E-state index contributed by atoms with van der Waals surface area (Å²) < 4.78 is 11.6. The number of nitrogens with one attached hydrogen (secondary N) is 1. The number of hydrogen-bond donors (Lipinski definition) is 1. The molecule has 0 spiro atoms. The highest BCUT2D eigenvalue weighted by molar-refractivity contribution is 9.10. The zero-order chi connectivity index (χ0) is 14.8. The highest BCUT2D eigenvalue weighted by atomic mass is 79.9. The lowest BCUT2D eigenvalue weighted by atomic mass is 10.0. The summed E-state index contributed by atoms with van der Waals surface area (Å²) in [5.74, 6) is 0. The minimum atomic E-state index is -0.384. The Morgan fingerprint density at radius 3 is 2.90 bits per heavy atom. The van der Waals surface area contributed by atoms with Gasteiger partial charge in [0.25, 0.3) is 5.69 Å². The van der Waals surface area contributed by atoms with E-state index in [-0.39, 0.29) is 16.2 Å². The van der Waals surface area contributed by atoms with Crippen LogP contribution in [0.1, 0.15) is 12.0 Å². The van der Waals surface area contributed by atoms with Gasteiger partial charge >= 0.3 is 0 Å². The van der Waals surface area contributed by atoms with Gasteiger partial charge in [0.1, 0.15) is 5.60 Å². The van der Waals surface area contributed by atoms with E-state index in [9.17, 15) is 10.1 Å². The molecule has 2 rings (SSSR count). The molecule has 7 heteroatoms. The van der Waals surface area contributed by atoms with Gasteiger partial charge in [0.15, 0.2) is 0 Å². The first kappa shape index (κ1) is 15.2. The average Bonchev–Trinajstić information content (AvgIpc) is 2.88. The molecule has 110 valence electrons. The molecule has 20 heavy (non-hydrogen) atoms. The third kappa shape index (κ3) is 3.11. The molecule has 1 aromatic rings. The standard InChI is InChI=1S/C13H17BrN2O4/c1-9-5-11(10(14)6-12(9)16(17)18)15-7-13(19-2)3-4-20-8-13/h5-6,15H,3-4,7-8H2,1-2H3. The van der Waals surface area contributed by atoms with Crippen molar-refractivity contribution in [2.24, 2.45) is 0 Å². The van der Waals surface area contributed by atoms with E-state index in [1.54, 1.807) is 20.1 Å². The van der Waals surface area contributed by atoms with Crippen LogP contribution in [0.5, 0.6) is 0 Å². The smallest absolute Gasteiger partial charge is 0.273 e. The van der Waals surface area contributed by atoms with Crippen LogP contribution >= 0.6 is 15.9 Å². The predicted octanol–water partition coefficient (Wildman–Crippen LogP) is 2.88. The summed E-state index contributed by atoms with van der Waals surface area (Å²) in [6, 6.07) is 3.28. The van der Waals surface area contributed by atoms with Crippen molar-refractivity contribution in [3.63, 3.8) is 0 Å². The molecule has 1 aliphatic rings. The van der Waals surface area contributed by atoms with Gasteiger partial charge in [0.2, 0.25) is 0 Å². The quantitative estimate of drug-likeness (QED) is 0.656. The van der Waals surface area contributed by atoms with E-state index in [2.05, 4.69) is 21.2 Å². The summed E-state index contributed by atoms with van der Waals surface area (Å²) in [5, 5.41) is 14.2. The van der Waals surface area contributed by atoms with Crippen molar-refractivity contribution in [3.8, 4) is 0 Å². The molecular formula is C13H17BrN2O4. The predicted molar refractivity (Wildman–Crippen MR) is 79.2 cm³/mol. The number of nitro groups is 1. The monoisotopic (exact) mass is 344 g/mol. The Balaban J connectivity index is 2.14. The molecule has 0 bridgehead atoms. The Bertz CT molecular complexity index is 515. The fourth-order valence-electron chi connectivity index (χ4n) is 2.22. The van der Waals surface area contributed by atoms with Crippen molar-refractivity contribution in [3.05, 3.63) is 32.3 Å². The first-order valence-corrected chi connectivity index (χ1v) is 7.08. The first-order chi connectivity index (χ1) is 9.47. The maximum atomic E-state index is 10.9. The fraction of sp³-hybridized carbons (Fsp3) is 0.538. The van der Waals surface area contributed by atoms with Gasteiger partial charge in [-0.25, -0.2) is 0 Å². The lowest BCUT2D eigenvalue weighted by molar-refractivity contribution is -0.385. The van der Waals surface area contributed by atoms with Gasteiger partial charge in [-0.05, 0) is 28.9 Å². The molecule has 1 aliphatic heterocycles. The molecular weight excluding hydrogens is 328 g/mol. The van der Waals surface area contributed by atoms with Crippen molar-refractivity contribution >= 4 is 27.3 Å². The molecule has 1 unspecified atom stereocenters. The van der Waals surface area contributed by atoms with Crippen LogP contribution in [0.2, 0.25) is 0 Å². The Kier molecular flexibility index (Phi) is 4.62. The molecule has 0 saturated carbocycles. The van der Waals surface area contributed by atoms with E-state index >= 15 is 0 Å². The summed E-state index contributed by atoms with van der Waals surface area (Å²) in [7, 11) is 1.67. The van der Waals surface area contributed by atoms with Crippen LogP contribution < -0.4 is 5.32 Å². The Hall–Kier alpha value is -1.18. The third-order valence-electron chi connectivity index (χ3n) is 3.58. The summed E-state index contributed by atoms with van der Waals surface area (Å²) in [4.78, 5) is 10.5. The van der Waals surface area contributed by atoms with E-state index in [0.29, 0.717) is 29.8 Å². The van der Waals surface area contributed by atoms with Crippen LogP contribution in [-0.4, -0.2) is 37.4 Å². The highest BCUT2D eigenvalue weighted by Crippen LogP contribution is 2.32. The zero-order valence-electron chi connectivity index (χ0n) is 11.4. The van der Waals surface area contributed by atoms with E-state index in [0.717, 1.165) is 12.1 Å². The fourth-order valence-corrected chi connectivity index (χ4v) is 2.69. The average molecular weight is 345 g/mol. The summed E-state index contributed by atoms with van der Waals surface area (Å²) in [5.41, 5.74) is 1.22. The maximum Gasteiger partial charge on any atom is 0.273 e. The lowest BCUT2D eigenvalue weighted by Gasteiger charge is -2.26. The van der Waals surface area contributed by atoms with Crippen LogP contribution in [-0.2, 0) is 9.47 Å². The van der Waals surface area contributed by atoms with Gasteiger partial charge in [-0.1, -0.05) is 0 Å². The number of ether oxygens (including phenoxy) is 2. The number of hydrogen-bond acceptors (Lipinski definition) is 5. The van der Waals surface area contributed by atoms with Gasteiger partial charge in [0.05, 0.1) is 11.5 Å². The molecule has 0 amide bonds. The first-order valence-electron chi connectivity index (χ1n) is 6.29. The minimum Gasteiger partial charge on any atom is -0.381 e. The molecule has 1 atom stereocenters. The molecule has 0 radical (unpaired) electrons. The summed E-state index contributed by atoms with van der Waals surface area (Å²) in [6.07, 6.45) is 0.833. The summed E-state index contributed by atoms with van der Waals surface area (Å²) in [6.45, 7) is 3.57. The molecule has 1 N–H and O–H groups in total. The van der Waals surface area contributed by atoms with Gasteiger partial charge in [0, 0.05) is 48.5 Å². The van der Waals surface area contributed by atoms with Crippen molar-refractivity contribution < 1.29 is 14.4 Å². The van der Waals surface area contributed by atoms with E-state index in [1.165, 1.54) is 6.07 Å².